The van der Waals surface area contributed by atoms with E-state index in [4.69, 9.17) is 28.9 Å². The number of nitrogens with two attached hydrogens (primary N) is 1. The highest BCUT2D eigenvalue weighted by Crippen LogP contribution is 2.29. The van der Waals surface area contributed by atoms with Crippen LogP contribution in [0.25, 0.3) is 0 Å². The second-order valence-electron chi connectivity index (χ2n) is 5.41. The molecule has 0 aromatic heterocycles. The van der Waals surface area contributed by atoms with Crippen molar-refractivity contribution in [3.8, 4) is 0 Å². The molecular formula is C15H20Cl2N2O. The highest BCUT2D eigenvalue weighted by Gasteiger charge is 2.16. The lowest BCUT2D eigenvalue weighted by Crippen LogP contribution is -2.25. The van der Waals surface area contributed by atoms with Gasteiger partial charge in [0, 0.05) is 12.2 Å². The standard InChI is InChI=1S/C15H20Cl2N2O/c16-13-9-11(18)8-12(14(13)17)15(20)19-7-3-6-10-4-1-2-5-10/h8-10H,1-7,18H2,(H,19,20). The van der Waals surface area contributed by atoms with Crippen molar-refractivity contribution in [2.24, 2.45) is 5.92 Å². The molecule has 1 saturated carbocycles. The van der Waals surface area contributed by atoms with Crippen LogP contribution in [0.15, 0.2) is 12.1 Å². The molecule has 1 amide bonds. The Morgan fingerprint density at radius 3 is 2.70 bits per heavy atom. The van der Waals surface area contributed by atoms with Crippen molar-refractivity contribution in [1.82, 2.24) is 5.32 Å². The molecule has 0 atom stereocenters. The van der Waals surface area contributed by atoms with Gasteiger partial charge >= 0.3 is 0 Å². The van der Waals surface area contributed by atoms with E-state index in [0.29, 0.717) is 22.8 Å². The molecule has 0 bridgehead atoms. The van der Waals surface area contributed by atoms with Gasteiger partial charge in [0.05, 0.1) is 15.6 Å². The first-order valence-corrected chi connectivity index (χ1v) is 7.86. The van der Waals surface area contributed by atoms with Gasteiger partial charge < -0.3 is 11.1 Å². The molecule has 1 aliphatic rings. The summed E-state index contributed by atoms with van der Waals surface area (Å²) in [4.78, 5) is 12.1. The number of carbonyl (C=O) groups excluding carboxylic acids is 1. The number of nitrogen functional groups attached to an aromatic ring is 1. The average Bonchev–Trinajstić information content (AvgIpc) is 2.91. The van der Waals surface area contributed by atoms with Gasteiger partial charge in [-0.3, -0.25) is 4.79 Å². The molecule has 1 aliphatic carbocycles. The van der Waals surface area contributed by atoms with Gasteiger partial charge in [0.25, 0.3) is 5.91 Å². The van der Waals surface area contributed by atoms with Gasteiger partial charge in [-0.05, 0) is 30.9 Å². The quantitative estimate of drug-likeness (QED) is 0.629. The van der Waals surface area contributed by atoms with E-state index < -0.39 is 0 Å². The Morgan fingerprint density at radius 2 is 2.00 bits per heavy atom. The molecule has 2 rings (SSSR count). The maximum Gasteiger partial charge on any atom is 0.252 e. The van der Waals surface area contributed by atoms with Gasteiger partial charge in [0.2, 0.25) is 0 Å². The van der Waals surface area contributed by atoms with Crippen LogP contribution in [-0.4, -0.2) is 12.5 Å². The second-order valence-corrected chi connectivity index (χ2v) is 6.20. The van der Waals surface area contributed by atoms with Crippen LogP contribution in [-0.2, 0) is 0 Å². The van der Waals surface area contributed by atoms with E-state index in [2.05, 4.69) is 5.32 Å². The number of nitrogens with one attached hydrogen (secondary N) is 1. The zero-order valence-electron chi connectivity index (χ0n) is 11.4. The number of halogens is 2. The molecular weight excluding hydrogens is 295 g/mol. The molecule has 0 saturated heterocycles. The summed E-state index contributed by atoms with van der Waals surface area (Å²) in [6, 6.07) is 3.10. The molecule has 3 N–H and O–H groups in total. The van der Waals surface area contributed by atoms with E-state index in [9.17, 15) is 4.79 Å². The van der Waals surface area contributed by atoms with Gasteiger partial charge in [-0.2, -0.15) is 0 Å². The molecule has 1 aromatic carbocycles. The van der Waals surface area contributed by atoms with Crippen molar-refractivity contribution >= 4 is 34.8 Å². The van der Waals surface area contributed by atoms with E-state index in [1.807, 2.05) is 0 Å². The highest BCUT2D eigenvalue weighted by molar-refractivity contribution is 6.44. The monoisotopic (exact) mass is 314 g/mol. The first-order chi connectivity index (χ1) is 9.58. The molecule has 0 aliphatic heterocycles. The van der Waals surface area contributed by atoms with Gasteiger partial charge in [-0.15, -0.1) is 0 Å². The minimum Gasteiger partial charge on any atom is -0.399 e. The maximum atomic E-state index is 12.1. The van der Waals surface area contributed by atoms with Crippen LogP contribution in [0, 0.1) is 5.92 Å². The highest BCUT2D eigenvalue weighted by atomic mass is 35.5. The van der Waals surface area contributed by atoms with Crippen molar-refractivity contribution in [3.63, 3.8) is 0 Å². The third-order valence-corrected chi connectivity index (χ3v) is 4.65. The fourth-order valence-corrected chi connectivity index (χ4v) is 3.18. The first kappa shape index (κ1) is 15.5. The van der Waals surface area contributed by atoms with Gasteiger partial charge in [0.15, 0.2) is 0 Å². The largest absolute Gasteiger partial charge is 0.399 e. The predicted octanol–water partition coefficient (Wildman–Crippen LogP) is 4.28. The topological polar surface area (TPSA) is 55.1 Å². The zero-order valence-corrected chi connectivity index (χ0v) is 12.9. The number of hydrogen-bond donors (Lipinski definition) is 2. The van der Waals surface area contributed by atoms with E-state index in [-0.39, 0.29) is 10.9 Å². The smallest absolute Gasteiger partial charge is 0.252 e. The molecule has 0 heterocycles. The van der Waals surface area contributed by atoms with Crippen LogP contribution in [0.1, 0.15) is 48.9 Å². The molecule has 5 heteroatoms. The summed E-state index contributed by atoms with van der Waals surface area (Å²) in [5.41, 5.74) is 6.47. The Labute approximate surface area is 129 Å². The number of carbonyl (C=O) groups is 1. The fraction of sp³-hybridized carbons (Fsp3) is 0.533. The summed E-state index contributed by atoms with van der Waals surface area (Å²) in [5, 5.41) is 3.45. The lowest BCUT2D eigenvalue weighted by molar-refractivity contribution is 0.0952. The molecule has 3 nitrogen and oxygen atoms in total. The van der Waals surface area contributed by atoms with Crippen molar-refractivity contribution in [1.29, 1.82) is 0 Å². The van der Waals surface area contributed by atoms with Gasteiger partial charge in [-0.1, -0.05) is 48.9 Å². The summed E-state index contributed by atoms with van der Waals surface area (Å²) >= 11 is 11.9. The van der Waals surface area contributed by atoms with E-state index >= 15 is 0 Å². The molecule has 110 valence electrons. The Morgan fingerprint density at radius 1 is 1.30 bits per heavy atom. The summed E-state index contributed by atoms with van der Waals surface area (Å²) < 4.78 is 0. The number of anilines is 1. The number of rotatable bonds is 5. The van der Waals surface area contributed by atoms with Crippen LogP contribution >= 0.6 is 23.2 Å². The fourth-order valence-electron chi connectivity index (χ4n) is 2.76. The molecule has 20 heavy (non-hydrogen) atoms. The van der Waals surface area contributed by atoms with Crippen LogP contribution in [0.5, 0.6) is 0 Å². The Hall–Kier alpha value is -0.930. The van der Waals surface area contributed by atoms with Crippen LogP contribution in [0.2, 0.25) is 10.0 Å². The van der Waals surface area contributed by atoms with Crippen LogP contribution < -0.4 is 11.1 Å². The minimum absolute atomic E-state index is 0.212. The average molecular weight is 315 g/mol. The molecule has 0 unspecified atom stereocenters. The first-order valence-electron chi connectivity index (χ1n) is 7.10. The Balaban J connectivity index is 1.82. The van der Waals surface area contributed by atoms with Gasteiger partial charge in [-0.25, -0.2) is 0 Å². The number of benzene rings is 1. The third-order valence-electron chi connectivity index (χ3n) is 3.84. The minimum atomic E-state index is -0.212. The van der Waals surface area contributed by atoms with Crippen molar-refractivity contribution < 1.29 is 4.79 Å². The van der Waals surface area contributed by atoms with Crippen LogP contribution in [0.4, 0.5) is 5.69 Å². The SMILES string of the molecule is Nc1cc(Cl)c(Cl)c(C(=O)NCCCC2CCCC2)c1. The Bertz CT molecular complexity index is 485. The van der Waals surface area contributed by atoms with Gasteiger partial charge in [0.1, 0.15) is 0 Å². The Kier molecular flexibility index (Phi) is 5.55. The van der Waals surface area contributed by atoms with E-state index in [1.54, 1.807) is 12.1 Å². The maximum absolute atomic E-state index is 12.1. The lowest BCUT2D eigenvalue weighted by atomic mass is 10.0. The number of amides is 1. The number of hydrogen-bond acceptors (Lipinski definition) is 2. The molecule has 0 spiro atoms. The van der Waals surface area contributed by atoms with Crippen LogP contribution in [0.3, 0.4) is 0 Å². The van der Waals surface area contributed by atoms with E-state index in [1.165, 1.54) is 32.1 Å². The third kappa shape index (κ3) is 4.03. The molecule has 0 radical (unpaired) electrons. The molecule has 1 aromatic rings. The normalized spacial score (nSPS) is 15.5. The van der Waals surface area contributed by atoms with E-state index in [0.717, 1.165) is 12.3 Å². The van der Waals surface area contributed by atoms with Crippen molar-refractivity contribution in [2.75, 3.05) is 12.3 Å². The summed E-state index contributed by atoms with van der Waals surface area (Å²) in [7, 11) is 0. The van der Waals surface area contributed by atoms with Crippen molar-refractivity contribution in [2.45, 2.75) is 38.5 Å². The van der Waals surface area contributed by atoms with Crippen molar-refractivity contribution in [3.05, 3.63) is 27.7 Å². The molecule has 1 fully saturated rings. The summed E-state index contributed by atoms with van der Waals surface area (Å²) in [5.74, 6) is 0.632. The summed E-state index contributed by atoms with van der Waals surface area (Å²) in [6.45, 7) is 0.665. The lowest BCUT2D eigenvalue weighted by Gasteiger charge is -2.11. The predicted molar refractivity (Wildman–Crippen MR) is 84.4 cm³/mol. The zero-order chi connectivity index (χ0) is 14.5. The summed E-state index contributed by atoms with van der Waals surface area (Å²) in [6.07, 6.45) is 7.58. The second kappa shape index (κ2) is 7.19.